The third kappa shape index (κ3) is 10.9. The monoisotopic (exact) mass is 498 g/mol. The van der Waals surface area contributed by atoms with Gasteiger partial charge in [0.05, 0.1) is 44.6 Å². The fourth-order valence-electron chi connectivity index (χ4n) is 3.87. The van der Waals surface area contributed by atoms with Gasteiger partial charge in [0.25, 0.3) is 0 Å². The number of allylic oxidation sites excluding steroid dienone is 1. The number of carboxylic acid groups (broad SMARTS) is 1. The second-order valence-electron chi connectivity index (χ2n) is 9.15. The summed E-state index contributed by atoms with van der Waals surface area (Å²) in [5.74, 6) is -0.839. The van der Waals surface area contributed by atoms with E-state index in [0.29, 0.717) is 32.5 Å². The van der Waals surface area contributed by atoms with Gasteiger partial charge in [0.2, 0.25) is 0 Å². The molecule has 2 aromatic rings. The van der Waals surface area contributed by atoms with Crippen LogP contribution in [0.5, 0.6) is 5.75 Å². The van der Waals surface area contributed by atoms with E-state index in [-0.39, 0.29) is 6.10 Å². The zero-order valence-corrected chi connectivity index (χ0v) is 21.8. The van der Waals surface area contributed by atoms with Crippen molar-refractivity contribution in [2.75, 3.05) is 7.11 Å². The summed E-state index contributed by atoms with van der Waals surface area (Å²) in [5, 5.41) is 20.3. The average Bonchev–Trinajstić information content (AvgIpc) is 2.90. The lowest BCUT2D eigenvalue weighted by molar-refractivity contribution is -0.145. The van der Waals surface area contributed by atoms with Gasteiger partial charge < -0.3 is 24.4 Å². The molecule has 2 aromatic carbocycles. The van der Waals surface area contributed by atoms with Crippen molar-refractivity contribution in [3.8, 4) is 5.75 Å². The van der Waals surface area contributed by atoms with Gasteiger partial charge in [0.15, 0.2) is 0 Å². The van der Waals surface area contributed by atoms with Crippen molar-refractivity contribution in [3.63, 3.8) is 0 Å². The smallest absolute Gasteiger partial charge is 0.309 e. The zero-order chi connectivity index (χ0) is 26.2. The van der Waals surface area contributed by atoms with E-state index in [0.717, 1.165) is 36.1 Å². The minimum atomic E-state index is -0.908. The normalized spacial score (nSPS) is 14.9. The van der Waals surface area contributed by atoms with Crippen molar-refractivity contribution in [2.24, 2.45) is 5.92 Å². The standard InChI is InChI=1S/C30H42O6/c1-4-5-7-14-27(31)29(36-21-24-12-8-6-9-13-24)16-11-10-15-28(23(2)30(32)33)35-22-25-17-19-26(34-3)20-18-25/h6,8-10,12-13,15,17-20,23,27-29,31H,4-5,7,11,14,16,21-22H2,1-3H3,(H,32,33)/b15-10+/t23-,27-,28-,29+/m1/s1. The number of unbranched alkanes of at least 4 members (excludes halogenated alkanes) is 2. The molecule has 0 aliphatic carbocycles. The molecule has 6 heteroatoms. The molecular weight excluding hydrogens is 456 g/mol. The Labute approximate surface area is 215 Å². The van der Waals surface area contributed by atoms with E-state index in [4.69, 9.17) is 14.2 Å². The molecule has 198 valence electrons. The number of aliphatic hydroxyl groups excluding tert-OH is 1. The number of carboxylic acids is 1. The summed E-state index contributed by atoms with van der Waals surface area (Å²) in [4.78, 5) is 11.6. The topological polar surface area (TPSA) is 85.2 Å². The summed E-state index contributed by atoms with van der Waals surface area (Å²) in [7, 11) is 1.61. The van der Waals surface area contributed by atoms with Crippen LogP contribution in [0.3, 0.4) is 0 Å². The lowest BCUT2D eigenvalue weighted by atomic mass is 10.0. The van der Waals surface area contributed by atoms with Crippen molar-refractivity contribution in [1.82, 2.24) is 0 Å². The largest absolute Gasteiger partial charge is 0.497 e. The summed E-state index contributed by atoms with van der Waals surface area (Å²) in [6.07, 6.45) is 7.53. The number of benzene rings is 2. The molecule has 0 spiro atoms. The van der Waals surface area contributed by atoms with Gasteiger partial charge in [0, 0.05) is 0 Å². The molecule has 0 amide bonds. The van der Waals surface area contributed by atoms with E-state index in [1.54, 1.807) is 14.0 Å². The first kappa shape index (κ1) is 29.6. The maximum atomic E-state index is 11.6. The van der Waals surface area contributed by atoms with Crippen LogP contribution < -0.4 is 4.74 Å². The Bertz CT molecular complexity index is 880. The predicted molar refractivity (Wildman–Crippen MR) is 142 cm³/mol. The molecule has 0 saturated heterocycles. The molecule has 36 heavy (non-hydrogen) atoms. The minimum absolute atomic E-state index is 0.290. The van der Waals surface area contributed by atoms with E-state index >= 15 is 0 Å². The Morgan fingerprint density at radius 1 is 0.944 bits per heavy atom. The van der Waals surface area contributed by atoms with Gasteiger partial charge in [-0.2, -0.15) is 0 Å². The van der Waals surface area contributed by atoms with Crippen molar-refractivity contribution >= 4 is 5.97 Å². The highest BCUT2D eigenvalue weighted by atomic mass is 16.5. The molecule has 0 aliphatic rings. The minimum Gasteiger partial charge on any atom is -0.497 e. The molecule has 0 unspecified atom stereocenters. The summed E-state index contributed by atoms with van der Waals surface area (Å²) in [5.41, 5.74) is 2.01. The number of aliphatic hydroxyl groups is 1. The fourth-order valence-corrected chi connectivity index (χ4v) is 3.87. The Morgan fingerprint density at radius 3 is 2.25 bits per heavy atom. The van der Waals surface area contributed by atoms with E-state index < -0.39 is 24.1 Å². The lowest BCUT2D eigenvalue weighted by Gasteiger charge is -2.23. The van der Waals surface area contributed by atoms with Gasteiger partial charge in [-0.15, -0.1) is 0 Å². The molecule has 0 saturated carbocycles. The Balaban J connectivity index is 1.95. The van der Waals surface area contributed by atoms with E-state index in [9.17, 15) is 15.0 Å². The third-order valence-corrected chi connectivity index (χ3v) is 6.27. The van der Waals surface area contributed by atoms with Crippen molar-refractivity contribution in [1.29, 1.82) is 0 Å². The molecule has 2 rings (SSSR count). The molecular formula is C30H42O6. The van der Waals surface area contributed by atoms with Crippen LogP contribution in [-0.4, -0.2) is 41.6 Å². The van der Waals surface area contributed by atoms with Crippen molar-refractivity contribution in [2.45, 2.75) is 83.9 Å². The second-order valence-corrected chi connectivity index (χ2v) is 9.15. The molecule has 0 bridgehead atoms. The van der Waals surface area contributed by atoms with Gasteiger partial charge >= 0.3 is 5.97 Å². The summed E-state index contributed by atoms with van der Waals surface area (Å²) in [6, 6.07) is 17.5. The van der Waals surface area contributed by atoms with Crippen LogP contribution in [0, 0.1) is 5.92 Å². The van der Waals surface area contributed by atoms with Crippen LogP contribution in [-0.2, 0) is 27.5 Å². The van der Waals surface area contributed by atoms with Gasteiger partial charge in [-0.3, -0.25) is 4.79 Å². The lowest BCUT2D eigenvalue weighted by Crippen LogP contribution is -2.29. The van der Waals surface area contributed by atoms with Gasteiger partial charge in [0.1, 0.15) is 5.75 Å². The molecule has 6 nitrogen and oxygen atoms in total. The first-order chi connectivity index (χ1) is 17.4. The number of hydrogen-bond donors (Lipinski definition) is 2. The highest BCUT2D eigenvalue weighted by Gasteiger charge is 2.23. The summed E-state index contributed by atoms with van der Waals surface area (Å²) < 4.78 is 17.3. The molecule has 0 aromatic heterocycles. The molecule has 2 N–H and O–H groups in total. The highest BCUT2D eigenvalue weighted by Crippen LogP contribution is 2.19. The molecule has 0 aliphatic heterocycles. The predicted octanol–water partition coefficient (Wildman–Crippen LogP) is 6.16. The number of aliphatic carboxylic acids is 1. The quantitative estimate of drug-likeness (QED) is 0.189. The zero-order valence-electron chi connectivity index (χ0n) is 21.8. The fraction of sp³-hybridized carbons (Fsp3) is 0.500. The van der Waals surface area contributed by atoms with Crippen molar-refractivity contribution in [3.05, 3.63) is 77.9 Å². The second kappa shape index (κ2) is 16.9. The maximum Gasteiger partial charge on any atom is 0.309 e. The molecule has 0 heterocycles. The van der Waals surface area contributed by atoms with Gasteiger partial charge in [-0.25, -0.2) is 0 Å². The summed E-state index contributed by atoms with van der Waals surface area (Å²) in [6.45, 7) is 4.54. The molecule has 4 atom stereocenters. The molecule has 0 radical (unpaired) electrons. The number of carbonyl (C=O) groups is 1. The Kier molecular flexibility index (Phi) is 13.9. The number of rotatable bonds is 18. The highest BCUT2D eigenvalue weighted by molar-refractivity contribution is 5.70. The number of hydrogen-bond acceptors (Lipinski definition) is 5. The van der Waals surface area contributed by atoms with Gasteiger partial charge in [-0.1, -0.05) is 80.8 Å². The van der Waals surface area contributed by atoms with Crippen LogP contribution in [0.15, 0.2) is 66.7 Å². The van der Waals surface area contributed by atoms with Crippen LogP contribution in [0.4, 0.5) is 0 Å². The van der Waals surface area contributed by atoms with Crippen molar-refractivity contribution < 1.29 is 29.2 Å². The van der Waals surface area contributed by atoms with Gasteiger partial charge in [-0.05, 0) is 49.4 Å². The Hall–Kier alpha value is -2.67. The maximum absolute atomic E-state index is 11.6. The van der Waals surface area contributed by atoms with E-state index in [1.807, 2.05) is 66.7 Å². The van der Waals surface area contributed by atoms with Crippen LogP contribution in [0.1, 0.15) is 63.5 Å². The third-order valence-electron chi connectivity index (χ3n) is 6.27. The number of ether oxygens (including phenoxy) is 3. The average molecular weight is 499 g/mol. The van der Waals surface area contributed by atoms with E-state index in [1.165, 1.54) is 0 Å². The van der Waals surface area contributed by atoms with Crippen LogP contribution in [0.25, 0.3) is 0 Å². The first-order valence-corrected chi connectivity index (χ1v) is 12.9. The summed E-state index contributed by atoms with van der Waals surface area (Å²) >= 11 is 0. The van der Waals surface area contributed by atoms with Crippen LogP contribution >= 0.6 is 0 Å². The van der Waals surface area contributed by atoms with Crippen LogP contribution in [0.2, 0.25) is 0 Å². The SMILES string of the molecule is CCCCC[C@@H](O)[C@H](CC/C=C/[C@@H](OCc1ccc(OC)cc1)[C@@H](C)C(=O)O)OCc1ccccc1. The van der Waals surface area contributed by atoms with E-state index in [2.05, 4.69) is 6.92 Å². The molecule has 0 fully saturated rings. The number of methoxy groups -OCH3 is 1. The Morgan fingerprint density at radius 2 is 1.61 bits per heavy atom. The first-order valence-electron chi connectivity index (χ1n) is 12.9.